The number of hydrogen-bond donors (Lipinski definition) is 1. The van der Waals surface area contributed by atoms with E-state index in [0.29, 0.717) is 33.6 Å². The lowest BCUT2D eigenvalue weighted by Crippen LogP contribution is -2.07. The highest BCUT2D eigenvalue weighted by atomic mass is 32.2. The molecule has 2 aromatic heterocycles. The molecule has 7 nitrogen and oxygen atoms in total. The van der Waals surface area contributed by atoms with Crippen molar-refractivity contribution < 1.29 is 18.7 Å². The number of aromatic amines is 1. The molecule has 0 spiro atoms. The predicted molar refractivity (Wildman–Crippen MR) is 106 cm³/mol. The van der Waals surface area contributed by atoms with E-state index in [1.807, 2.05) is 26.0 Å². The summed E-state index contributed by atoms with van der Waals surface area (Å²) >= 11 is 1.16. The number of aryl methyl sites for hydroxylation is 3. The molecule has 0 saturated carbocycles. The number of rotatable bonds is 6. The minimum atomic E-state index is -0.465. The monoisotopic (exact) mass is 399 g/mol. The van der Waals surface area contributed by atoms with Gasteiger partial charge in [0.25, 0.3) is 5.22 Å². The second kappa shape index (κ2) is 8.02. The second-order valence-corrected chi connectivity index (χ2v) is 7.50. The number of carbonyl (C=O) groups excluding carboxylic acids is 2. The smallest absolute Gasteiger partial charge is 0.339 e. The van der Waals surface area contributed by atoms with Crippen LogP contribution in [-0.2, 0) is 4.74 Å². The zero-order chi connectivity index (χ0) is 20.4. The minimum Gasteiger partial charge on any atom is -0.465 e. The van der Waals surface area contributed by atoms with Crippen molar-refractivity contribution in [1.29, 1.82) is 0 Å². The van der Waals surface area contributed by atoms with Crippen molar-refractivity contribution in [1.82, 2.24) is 15.2 Å². The van der Waals surface area contributed by atoms with Crippen molar-refractivity contribution in [2.75, 3.05) is 12.9 Å². The van der Waals surface area contributed by atoms with Crippen LogP contribution in [0.4, 0.5) is 0 Å². The van der Waals surface area contributed by atoms with Gasteiger partial charge in [-0.3, -0.25) is 4.79 Å². The van der Waals surface area contributed by atoms with E-state index in [0.717, 1.165) is 28.5 Å². The van der Waals surface area contributed by atoms with Crippen LogP contribution in [0.3, 0.4) is 0 Å². The molecule has 146 valence electrons. The summed E-state index contributed by atoms with van der Waals surface area (Å²) in [5.41, 5.74) is 5.03. The lowest BCUT2D eigenvalue weighted by molar-refractivity contribution is 0.0599. The number of nitrogens with zero attached hydrogens (tertiary/aromatic N) is 2. The normalized spacial score (nSPS) is 10.9. The average molecular weight is 399 g/mol. The first-order valence-electron chi connectivity index (χ1n) is 8.65. The van der Waals surface area contributed by atoms with Gasteiger partial charge in [-0.25, -0.2) is 4.79 Å². The highest BCUT2D eigenvalue weighted by molar-refractivity contribution is 7.99. The van der Waals surface area contributed by atoms with Gasteiger partial charge in [0.05, 0.1) is 24.1 Å². The van der Waals surface area contributed by atoms with Crippen molar-refractivity contribution in [3.05, 3.63) is 51.8 Å². The number of carbonyl (C=O) groups is 2. The van der Waals surface area contributed by atoms with E-state index in [2.05, 4.69) is 21.2 Å². The Bertz CT molecular complexity index is 1030. The van der Waals surface area contributed by atoms with Crippen LogP contribution in [0.15, 0.2) is 27.8 Å². The van der Waals surface area contributed by atoms with Crippen LogP contribution >= 0.6 is 11.8 Å². The van der Waals surface area contributed by atoms with Crippen LogP contribution in [-0.4, -0.2) is 39.8 Å². The Morgan fingerprint density at radius 3 is 2.43 bits per heavy atom. The van der Waals surface area contributed by atoms with E-state index in [1.54, 1.807) is 13.8 Å². The number of ketones is 1. The fraction of sp³-hybridized carbons (Fsp3) is 0.300. The van der Waals surface area contributed by atoms with Gasteiger partial charge < -0.3 is 14.1 Å². The van der Waals surface area contributed by atoms with Gasteiger partial charge in [-0.15, -0.1) is 10.2 Å². The van der Waals surface area contributed by atoms with E-state index in [9.17, 15) is 9.59 Å². The number of aromatic nitrogens is 3. The Morgan fingerprint density at radius 2 is 1.79 bits per heavy atom. The lowest BCUT2D eigenvalue weighted by atomic mass is 10.1. The molecule has 0 aliphatic heterocycles. The topological polar surface area (TPSA) is 98.1 Å². The highest BCUT2D eigenvalue weighted by Gasteiger charge is 2.23. The SMILES string of the molecule is COC(=O)c1c(C)[nH]c(C(=O)CSc2nnc(-c3cc(C)cc(C)c3)o2)c1C. The van der Waals surface area contributed by atoms with E-state index in [-0.39, 0.29) is 11.5 Å². The van der Waals surface area contributed by atoms with Gasteiger partial charge in [0.15, 0.2) is 5.78 Å². The van der Waals surface area contributed by atoms with E-state index < -0.39 is 5.97 Å². The Hall–Kier alpha value is -2.87. The summed E-state index contributed by atoms with van der Waals surface area (Å²) < 4.78 is 10.5. The van der Waals surface area contributed by atoms with Crippen molar-refractivity contribution in [3.8, 4) is 11.5 Å². The molecule has 0 unspecified atom stereocenters. The van der Waals surface area contributed by atoms with Crippen molar-refractivity contribution in [2.24, 2.45) is 0 Å². The maximum atomic E-state index is 12.6. The zero-order valence-corrected chi connectivity index (χ0v) is 17.2. The molecule has 3 aromatic rings. The number of ether oxygens (including phenoxy) is 1. The fourth-order valence-corrected chi connectivity index (χ4v) is 3.75. The number of esters is 1. The maximum Gasteiger partial charge on any atom is 0.339 e. The summed E-state index contributed by atoms with van der Waals surface area (Å²) in [4.78, 5) is 27.4. The summed E-state index contributed by atoms with van der Waals surface area (Å²) in [5.74, 6) is -0.0999. The lowest BCUT2D eigenvalue weighted by Gasteiger charge is -2.01. The van der Waals surface area contributed by atoms with Crippen molar-refractivity contribution in [2.45, 2.75) is 32.9 Å². The molecule has 1 aromatic carbocycles. The van der Waals surface area contributed by atoms with E-state index >= 15 is 0 Å². The van der Waals surface area contributed by atoms with Gasteiger partial charge in [0.2, 0.25) is 5.89 Å². The van der Waals surface area contributed by atoms with Gasteiger partial charge in [0, 0.05) is 11.3 Å². The van der Waals surface area contributed by atoms with Crippen LogP contribution in [0.25, 0.3) is 11.5 Å². The molecule has 0 aliphatic rings. The highest BCUT2D eigenvalue weighted by Crippen LogP contribution is 2.26. The average Bonchev–Trinajstić information content (AvgIpc) is 3.23. The first kappa shape index (κ1) is 19.9. The fourth-order valence-electron chi connectivity index (χ4n) is 3.12. The molecule has 0 bridgehead atoms. The first-order valence-corrected chi connectivity index (χ1v) is 9.64. The largest absolute Gasteiger partial charge is 0.465 e. The molecule has 28 heavy (non-hydrogen) atoms. The number of nitrogens with one attached hydrogen (secondary N) is 1. The van der Waals surface area contributed by atoms with Crippen LogP contribution in [0.1, 0.15) is 43.2 Å². The maximum absolute atomic E-state index is 12.6. The molecule has 1 N–H and O–H groups in total. The third kappa shape index (κ3) is 4.01. The number of Topliss-reactive ketones (excluding diaryl/α,β-unsaturated/α-hetero) is 1. The number of hydrogen-bond acceptors (Lipinski definition) is 7. The summed E-state index contributed by atoms with van der Waals surface area (Å²) in [6.45, 7) is 7.46. The third-order valence-corrected chi connectivity index (χ3v) is 5.13. The number of H-pyrrole nitrogens is 1. The first-order chi connectivity index (χ1) is 13.3. The van der Waals surface area contributed by atoms with E-state index in [1.165, 1.54) is 7.11 Å². The molecule has 0 amide bonds. The standard InChI is InChI=1S/C20H21N3O4S/c1-10-6-11(2)8-14(7-10)18-22-23-20(27-18)28-9-15(24)17-12(3)16(13(4)21-17)19(25)26-5/h6-8,21H,9H2,1-5H3. The summed E-state index contributed by atoms with van der Waals surface area (Å²) in [6.07, 6.45) is 0. The Labute approximate surface area is 166 Å². The molecule has 3 rings (SSSR count). The summed E-state index contributed by atoms with van der Waals surface area (Å²) in [7, 11) is 1.31. The molecular weight excluding hydrogens is 378 g/mol. The molecule has 2 heterocycles. The van der Waals surface area contributed by atoms with Crippen LogP contribution in [0.2, 0.25) is 0 Å². The van der Waals surface area contributed by atoms with E-state index in [4.69, 9.17) is 9.15 Å². The Balaban J connectivity index is 1.72. The molecule has 0 saturated heterocycles. The van der Waals surface area contributed by atoms with Gasteiger partial charge in [0.1, 0.15) is 0 Å². The predicted octanol–water partition coefficient (Wildman–Crippen LogP) is 4.06. The zero-order valence-electron chi connectivity index (χ0n) is 16.4. The molecule has 0 atom stereocenters. The van der Waals surface area contributed by atoms with Gasteiger partial charge in [-0.05, 0) is 45.4 Å². The van der Waals surface area contributed by atoms with Crippen LogP contribution in [0.5, 0.6) is 0 Å². The Morgan fingerprint density at radius 1 is 1.11 bits per heavy atom. The molecule has 0 fully saturated rings. The van der Waals surface area contributed by atoms with Crippen molar-refractivity contribution in [3.63, 3.8) is 0 Å². The summed E-state index contributed by atoms with van der Waals surface area (Å²) in [6, 6.07) is 6.01. The molecule has 8 heteroatoms. The van der Waals surface area contributed by atoms with Crippen LogP contribution < -0.4 is 0 Å². The quantitative estimate of drug-likeness (QED) is 0.379. The second-order valence-electron chi connectivity index (χ2n) is 6.58. The third-order valence-electron chi connectivity index (χ3n) is 4.31. The van der Waals surface area contributed by atoms with Gasteiger partial charge in [-0.1, -0.05) is 29.0 Å². The molecule has 0 radical (unpaired) electrons. The number of thioether (sulfide) groups is 1. The summed E-state index contributed by atoms with van der Waals surface area (Å²) in [5, 5.41) is 8.40. The number of methoxy groups -OCH3 is 1. The molecular formula is C20H21N3O4S. The Kier molecular flexibility index (Phi) is 5.69. The van der Waals surface area contributed by atoms with Gasteiger partial charge >= 0.3 is 5.97 Å². The van der Waals surface area contributed by atoms with Gasteiger partial charge in [-0.2, -0.15) is 0 Å². The molecule has 0 aliphatic carbocycles. The van der Waals surface area contributed by atoms with Crippen LogP contribution in [0, 0.1) is 27.7 Å². The van der Waals surface area contributed by atoms with Crippen molar-refractivity contribution >= 4 is 23.5 Å². The minimum absolute atomic E-state index is 0.107. The number of benzene rings is 1.